The zero-order valence-electron chi connectivity index (χ0n) is 16.9. The molecule has 0 bridgehead atoms. The molecule has 3 aromatic carbocycles. The molecule has 1 N–H and O–H groups in total. The van der Waals surface area contributed by atoms with E-state index in [0.29, 0.717) is 27.6 Å². The van der Waals surface area contributed by atoms with Crippen molar-refractivity contribution in [2.24, 2.45) is 5.10 Å². The van der Waals surface area contributed by atoms with Gasteiger partial charge in [0.15, 0.2) is 18.1 Å². The summed E-state index contributed by atoms with van der Waals surface area (Å²) in [6, 6.07) is 18.5. The summed E-state index contributed by atoms with van der Waals surface area (Å²) in [6.07, 6.45) is 1.43. The summed E-state index contributed by atoms with van der Waals surface area (Å²) in [5, 5.41) is 4.41. The molecular weight excluding hydrogens is 500 g/mol. The van der Waals surface area contributed by atoms with Crippen LogP contribution in [0.5, 0.6) is 17.2 Å². The van der Waals surface area contributed by atoms with Crippen molar-refractivity contribution >= 4 is 45.6 Å². The van der Waals surface area contributed by atoms with Crippen molar-refractivity contribution in [3.05, 3.63) is 87.4 Å². The van der Waals surface area contributed by atoms with Crippen LogP contribution in [0.3, 0.4) is 0 Å². The predicted octanol–water partition coefficient (Wildman–Crippen LogP) is 4.86. The number of carbonyl (C=O) groups is 2. The van der Waals surface area contributed by atoms with Crippen molar-refractivity contribution < 1.29 is 23.8 Å². The highest BCUT2D eigenvalue weighted by Gasteiger charge is 2.13. The Labute approximate surface area is 198 Å². The number of amides is 1. The number of ether oxygens (including phenoxy) is 3. The third-order valence-corrected chi connectivity index (χ3v) is 4.75. The zero-order chi connectivity index (χ0) is 22.9. The van der Waals surface area contributed by atoms with Gasteiger partial charge in [-0.2, -0.15) is 5.10 Å². The van der Waals surface area contributed by atoms with E-state index in [-0.39, 0.29) is 12.4 Å². The minimum absolute atomic E-state index is 0.217. The smallest absolute Gasteiger partial charge is 0.343 e. The molecule has 3 aromatic rings. The lowest BCUT2D eigenvalue weighted by atomic mass is 10.2. The van der Waals surface area contributed by atoms with Crippen LogP contribution in [0, 0.1) is 0 Å². The van der Waals surface area contributed by atoms with Gasteiger partial charge < -0.3 is 14.2 Å². The molecule has 0 saturated carbocycles. The number of hydrogen-bond donors (Lipinski definition) is 1. The number of carbonyl (C=O) groups excluding carboxylic acids is 2. The summed E-state index contributed by atoms with van der Waals surface area (Å²) in [7, 11) is 1.46. The van der Waals surface area contributed by atoms with Gasteiger partial charge in [-0.15, -0.1) is 0 Å². The first-order valence-electron chi connectivity index (χ1n) is 9.30. The topological polar surface area (TPSA) is 86.2 Å². The van der Waals surface area contributed by atoms with Gasteiger partial charge >= 0.3 is 5.97 Å². The second kappa shape index (κ2) is 11.3. The van der Waals surface area contributed by atoms with Gasteiger partial charge in [0.1, 0.15) is 5.75 Å². The average Bonchev–Trinajstić information content (AvgIpc) is 2.78. The van der Waals surface area contributed by atoms with E-state index < -0.39 is 11.9 Å². The van der Waals surface area contributed by atoms with E-state index >= 15 is 0 Å². The number of nitrogens with zero attached hydrogens (tertiary/aromatic N) is 1. The van der Waals surface area contributed by atoms with Crippen LogP contribution in [-0.4, -0.2) is 31.8 Å². The SMILES string of the molecule is COc1cc(/C=N/NC(=O)COc2cccc(Cl)c2)ccc1OC(=O)c1cccc(Br)c1. The van der Waals surface area contributed by atoms with Gasteiger partial charge in [0.25, 0.3) is 5.91 Å². The van der Waals surface area contributed by atoms with Crippen molar-refractivity contribution in [1.29, 1.82) is 0 Å². The third-order valence-electron chi connectivity index (χ3n) is 4.02. The Morgan fingerprint density at radius 1 is 1.06 bits per heavy atom. The number of methoxy groups -OCH3 is 1. The van der Waals surface area contributed by atoms with E-state index in [4.69, 9.17) is 25.8 Å². The maximum Gasteiger partial charge on any atom is 0.343 e. The van der Waals surface area contributed by atoms with E-state index in [0.717, 1.165) is 4.47 Å². The van der Waals surface area contributed by atoms with Crippen LogP contribution in [0.1, 0.15) is 15.9 Å². The Balaban J connectivity index is 1.57. The van der Waals surface area contributed by atoms with E-state index in [1.807, 2.05) is 6.07 Å². The molecule has 0 aliphatic rings. The summed E-state index contributed by atoms with van der Waals surface area (Å²) in [5.41, 5.74) is 3.39. The minimum Gasteiger partial charge on any atom is -0.493 e. The Morgan fingerprint density at radius 3 is 2.62 bits per heavy atom. The quantitative estimate of drug-likeness (QED) is 0.200. The second-order valence-electron chi connectivity index (χ2n) is 6.35. The first kappa shape index (κ1) is 23.3. The molecular formula is C23H18BrClN2O5. The monoisotopic (exact) mass is 516 g/mol. The molecule has 7 nitrogen and oxygen atoms in total. The maximum absolute atomic E-state index is 12.4. The Kier molecular flexibility index (Phi) is 8.24. The van der Waals surface area contributed by atoms with E-state index in [2.05, 4.69) is 26.5 Å². The summed E-state index contributed by atoms with van der Waals surface area (Å²) >= 11 is 9.19. The Bertz CT molecular complexity index is 1150. The van der Waals surface area contributed by atoms with Crippen LogP contribution >= 0.6 is 27.5 Å². The molecule has 0 heterocycles. The number of rotatable bonds is 8. The van der Waals surface area contributed by atoms with Crippen LogP contribution in [0.15, 0.2) is 76.3 Å². The van der Waals surface area contributed by atoms with Crippen molar-refractivity contribution in [2.45, 2.75) is 0 Å². The third kappa shape index (κ3) is 6.83. The van der Waals surface area contributed by atoms with Crippen LogP contribution in [-0.2, 0) is 4.79 Å². The van der Waals surface area contributed by atoms with E-state index in [9.17, 15) is 9.59 Å². The van der Waals surface area contributed by atoms with E-state index in [1.165, 1.54) is 13.3 Å². The van der Waals surface area contributed by atoms with Gasteiger partial charge in [-0.3, -0.25) is 4.79 Å². The fourth-order valence-corrected chi connectivity index (χ4v) is 3.12. The number of nitrogens with one attached hydrogen (secondary N) is 1. The van der Waals surface area contributed by atoms with Gasteiger partial charge in [0.05, 0.1) is 18.9 Å². The Morgan fingerprint density at radius 2 is 1.88 bits per heavy atom. The van der Waals surface area contributed by atoms with Crippen LogP contribution < -0.4 is 19.6 Å². The number of benzene rings is 3. The molecule has 0 aliphatic carbocycles. The highest BCUT2D eigenvalue weighted by atomic mass is 79.9. The van der Waals surface area contributed by atoms with Crippen molar-refractivity contribution in [1.82, 2.24) is 5.43 Å². The normalized spacial score (nSPS) is 10.6. The molecule has 0 atom stereocenters. The molecule has 0 radical (unpaired) electrons. The van der Waals surface area contributed by atoms with Crippen molar-refractivity contribution in [2.75, 3.05) is 13.7 Å². The standard InChI is InChI=1S/C23H18BrClN2O5/c1-30-21-10-15(8-9-20(21)32-23(29)16-4-2-5-17(24)11-16)13-26-27-22(28)14-31-19-7-3-6-18(25)12-19/h2-13H,14H2,1H3,(H,27,28)/b26-13+. The summed E-state index contributed by atoms with van der Waals surface area (Å²) in [5.74, 6) is 0.126. The lowest BCUT2D eigenvalue weighted by Crippen LogP contribution is -2.24. The summed E-state index contributed by atoms with van der Waals surface area (Å²) in [6.45, 7) is -0.217. The first-order valence-corrected chi connectivity index (χ1v) is 10.5. The Hall–Kier alpha value is -3.36. The maximum atomic E-state index is 12.4. The molecule has 0 aliphatic heterocycles. The summed E-state index contributed by atoms with van der Waals surface area (Å²) in [4.78, 5) is 24.2. The highest BCUT2D eigenvalue weighted by Crippen LogP contribution is 2.28. The number of halogens is 2. The zero-order valence-corrected chi connectivity index (χ0v) is 19.2. The second-order valence-corrected chi connectivity index (χ2v) is 7.70. The van der Waals surface area contributed by atoms with Crippen LogP contribution in [0.2, 0.25) is 5.02 Å². The molecule has 164 valence electrons. The fraction of sp³-hybridized carbons (Fsp3) is 0.0870. The molecule has 0 aromatic heterocycles. The van der Waals surface area contributed by atoms with Crippen LogP contribution in [0.4, 0.5) is 0 Å². The predicted molar refractivity (Wildman–Crippen MR) is 125 cm³/mol. The largest absolute Gasteiger partial charge is 0.493 e. The van der Waals surface area contributed by atoms with Gasteiger partial charge in [0, 0.05) is 9.50 Å². The molecule has 0 saturated heterocycles. The average molecular weight is 518 g/mol. The van der Waals surface area contributed by atoms with E-state index in [1.54, 1.807) is 60.7 Å². The van der Waals surface area contributed by atoms with Crippen molar-refractivity contribution in [3.8, 4) is 17.2 Å². The number of hydrogen-bond acceptors (Lipinski definition) is 6. The number of esters is 1. The molecule has 9 heteroatoms. The molecule has 3 rings (SSSR count). The highest BCUT2D eigenvalue weighted by molar-refractivity contribution is 9.10. The number of hydrazone groups is 1. The summed E-state index contributed by atoms with van der Waals surface area (Å²) < 4.78 is 16.8. The first-order chi connectivity index (χ1) is 15.4. The van der Waals surface area contributed by atoms with Crippen LogP contribution in [0.25, 0.3) is 0 Å². The van der Waals surface area contributed by atoms with Gasteiger partial charge in [-0.25, -0.2) is 10.2 Å². The molecule has 0 unspecified atom stereocenters. The minimum atomic E-state index is -0.516. The van der Waals surface area contributed by atoms with Gasteiger partial charge in [0.2, 0.25) is 0 Å². The lowest BCUT2D eigenvalue weighted by molar-refractivity contribution is -0.123. The fourth-order valence-electron chi connectivity index (χ4n) is 2.54. The molecule has 0 spiro atoms. The molecule has 1 amide bonds. The van der Waals surface area contributed by atoms with Gasteiger partial charge in [-0.1, -0.05) is 39.7 Å². The lowest BCUT2D eigenvalue weighted by Gasteiger charge is -2.10. The van der Waals surface area contributed by atoms with Crippen molar-refractivity contribution in [3.63, 3.8) is 0 Å². The molecule has 32 heavy (non-hydrogen) atoms. The molecule has 0 fully saturated rings. The van der Waals surface area contributed by atoms with Gasteiger partial charge in [-0.05, 0) is 60.2 Å².